The summed E-state index contributed by atoms with van der Waals surface area (Å²) in [7, 11) is 0. The van der Waals surface area contributed by atoms with E-state index in [2.05, 4.69) is 48.2 Å². The second-order valence-corrected chi connectivity index (χ2v) is 8.99. The van der Waals surface area contributed by atoms with Crippen LogP contribution in [0.2, 0.25) is 0 Å². The molecule has 0 aliphatic carbocycles. The smallest absolute Gasteiger partial charge is 0.283 e. The Morgan fingerprint density at radius 3 is 2.71 bits per heavy atom. The summed E-state index contributed by atoms with van der Waals surface area (Å²) >= 11 is 1.37. The number of carbonyl (C=O) groups excluding carboxylic acids is 1. The molecule has 0 atom stereocenters. The number of aromatic nitrogens is 1. The molecule has 2 aliphatic rings. The summed E-state index contributed by atoms with van der Waals surface area (Å²) < 4.78 is 2.01. The van der Waals surface area contributed by atoms with Crippen molar-refractivity contribution in [2.24, 2.45) is 16.0 Å². The van der Waals surface area contributed by atoms with Crippen molar-refractivity contribution in [1.29, 1.82) is 5.41 Å². The molecule has 0 saturated heterocycles. The highest BCUT2D eigenvalue weighted by atomic mass is 32.2. The van der Waals surface area contributed by atoms with E-state index in [1.807, 2.05) is 41.1 Å². The molecule has 3 aromatic rings. The summed E-state index contributed by atoms with van der Waals surface area (Å²) in [5.41, 5.74) is 2.03. The molecule has 7 heteroatoms. The predicted molar refractivity (Wildman–Crippen MR) is 128 cm³/mol. The third kappa shape index (κ3) is 3.61. The molecular formula is C24H21N5OS. The molecular weight excluding hydrogens is 406 g/mol. The zero-order valence-corrected chi connectivity index (χ0v) is 18.1. The maximum Gasteiger partial charge on any atom is 0.283 e. The number of hydrogen-bond acceptors (Lipinski definition) is 4. The van der Waals surface area contributed by atoms with Gasteiger partial charge in [0.15, 0.2) is 5.84 Å². The van der Waals surface area contributed by atoms with Crippen molar-refractivity contribution in [3.63, 3.8) is 0 Å². The first-order chi connectivity index (χ1) is 15.0. The van der Waals surface area contributed by atoms with Crippen LogP contribution >= 0.6 is 11.8 Å². The van der Waals surface area contributed by atoms with Gasteiger partial charge in [-0.15, -0.1) is 0 Å². The highest BCUT2D eigenvalue weighted by Gasteiger charge is 2.35. The van der Waals surface area contributed by atoms with Gasteiger partial charge in [-0.1, -0.05) is 44.2 Å². The summed E-state index contributed by atoms with van der Waals surface area (Å²) in [5, 5.41) is 18.2. The second kappa shape index (κ2) is 7.67. The number of nitrogens with one attached hydrogen (secondary N) is 1. The lowest BCUT2D eigenvalue weighted by Gasteiger charge is -2.20. The molecule has 1 amide bonds. The summed E-state index contributed by atoms with van der Waals surface area (Å²) in [6.45, 7) is 4.23. The Bertz CT molecular complexity index is 1310. The molecule has 6 nitrogen and oxygen atoms in total. The van der Waals surface area contributed by atoms with Gasteiger partial charge in [0.05, 0.1) is 5.57 Å². The Kier molecular flexibility index (Phi) is 4.82. The Morgan fingerprint density at radius 1 is 1.10 bits per heavy atom. The minimum absolute atomic E-state index is 0.0625. The van der Waals surface area contributed by atoms with Crippen LogP contribution in [0, 0.1) is 11.3 Å². The van der Waals surface area contributed by atoms with Crippen molar-refractivity contribution in [3.8, 4) is 5.69 Å². The molecule has 0 spiro atoms. The monoisotopic (exact) mass is 427 g/mol. The van der Waals surface area contributed by atoms with Gasteiger partial charge in [0.1, 0.15) is 5.04 Å². The number of hydrazone groups is 1. The number of hydrogen-bond donors (Lipinski definition) is 1. The third-order valence-electron chi connectivity index (χ3n) is 5.16. The fourth-order valence-electron chi connectivity index (χ4n) is 3.68. The van der Waals surface area contributed by atoms with Gasteiger partial charge in [-0.25, -0.2) is 0 Å². The van der Waals surface area contributed by atoms with Crippen molar-refractivity contribution in [2.45, 2.75) is 20.3 Å². The number of amidine groups is 2. The Balaban J connectivity index is 1.51. The number of benzene rings is 2. The number of nitrogens with zero attached hydrogens (tertiary/aromatic N) is 4. The van der Waals surface area contributed by atoms with Crippen LogP contribution in [0.15, 0.2) is 76.5 Å². The Labute approximate surface area is 184 Å². The molecule has 1 aromatic heterocycles. The van der Waals surface area contributed by atoms with E-state index in [-0.39, 0.29) is 11.4 Å². The number of aliphatic imine (C=N–C) groups is 1. The first-order valence-corrected chi connectivity index (χ1v) is 11.0. The van der Waals surface area contributed by atoms with Crippen LogP contribution in [0.25, 0.3) is 22.5 Å². The van der Waals surface area contributed by atoms with Crippen LogP contribution in [0.3, 0.4) is 0 Å². The highest BCUT2D eigenvalue weighted by Crippen LogP contribution is 2.31. The molecule has 0 radical (unpaired) electrons. The van der Waals surface area contributed by atoms with Crippen LogP contribution in [0.4, 0.5) is 0 Å². The van der Waals surface area contributed by atoms with E-state index in [9.17, 15) is 4.79 Å². The van der Waals surface area contributed by atoms with E-state index in [4.69, 9.17) is 5.41 Å². The molecule has 0 saturated carbocycles. The van der Waals surface area contributed by atoms with Gasteiger partial charge in [0.2, 0.25) is 5.17 Å². The normalized spacial score (nSPS) is 17.5. The van der Waals surface area contributed by atoms with Crippen molar-refractivity contribution in [3.05, 3.63) is 72.1 Å². The van der Waals surface area contributed by atoms with Gasteiger partial charge in [-0.3, -0.25) is 10.2 Å². The first kappa shape index (κ1) is 19.5. The zero-order chi connectivity index (χ0) is 21.5. The van der Waals surface area contributed by atoms with Crippen LogP contribution in [-0.4, -0.2) is 31.5 Å². The number of carbonyl (C=O) groups is 1. The van der Waals surface area contributed by atoms with Gasteiger partial charge >= 0.3 is 0 Å². The van der Waals surface area contributed by atoms with Crippen LogP contribution in [-0.2, 0) is 4.79 Å². The largest absolute Gasteiger partial charge is 0.317 e. The number of thioether (sulfide) groups is 1. The average Bonchev–Trinajstić information content (AvgIpc) is 3.37. The quantitative estimate of drug-likeness (QED) is 0.575. The summed E-state index contributed by atoms with van der Waals surface area (Å²) in [6, 6.07) is 18.3. The number of fused-ring (bicyclic) bond motifs is 2. The number of rotatable bonds is 4. The minimum Gasteiger partial charge on any atom is -0.317 e. The van der Waals surface area contributed by atoms with Gasteiger partial charge in [-0.05, 0) is 58.8 Å². The van der Waals surface area contributed by atoms with E-state index >= 15 is 0 Å². The molecule has 154 valence electrons. The molecule has 5 rings (SSSR count). The molecule has 2 aliphatic heterocycles. The second-order valence-electron chi connectivity index (χ2n) is 7.95. The topological polar surface area (TPSA) is 73.8 Å². The van der Waals surface area contributed by atoms with E-state index < -0.39 is 5.91 Å². The molecule has 0 fully saturated rings. The fraction of sp³-hybridized carbons (Fsp3) is 0.167. The van der Waals surface area contributed by atoms with Gasteiger partial charge in [0, 0.05) is 24.0 Å². The molecule has 3 heterocycles. The van der Waals surface area contributed by atoms with Crippen molar-refractivity contribution in [2.75, 3.05) is 0 Å². The minimum atomic E-state index is -0.406. The Hall–Kier alpha value is -3.45. The number of amides is 1. The maximum absolute atomic E-state index is 12.7. The summed E-state index contributed by atoms with van der Waals surface area (Å²) in [4.78, 5) is 16.9. The Morgan fingerprint density at radius 2 is 1.90 bits per heavy atom. The molecule has 1 N–H and O–H groups in total. The maximum atomic E-state index is 12.7. The molecule has 31 heavy (non-hydrogen) atoms. The van der Waals surface area contributed by atoms with Gasteiger partial charge < -0.3 is 4.57 Å². The van der Waals surface area contributed by atoms with Crippen molar-refractivity contribution >= 4 is 50.6 Å². The van der Waals surface area contributed by atoms with Crippen LogP contribution in [0.5, 0.6) is 0 Å². The van der Waals surface area contributed by atoms with E-state index in [0.717, 1.165) is 28.2 Å². The summed E-state index contributed by atoms with van der Waals surface area (Å²) in [6.07, 6.45) is 4.47. The predicted octanol–water partition coefficient (Wildman–Crippen LogP) is 5.30. The van der Waals surface area contributed by atoms with E-state index in [1.54, 1.807) is 6.08 Å². The lowest BCUT2D eigenvalue weighted by molar-refractivity contribution is -0.114. The van der Waals surface area contributed by atoms with Crippen LogP contribution in [0.1, 0.15) is 26.0 Å². The van der Waals surface area contributed by atoms with E-state index in [1.165, 1.54) is 22.2 Å². The SMILES string of the molecule is CC(C)CC1=NN2C(=N)/C(=C\c3cccn3-c3ccc4ccccc4c3)C(=O)N=C2S1. The fourth-order valence-corrected chi connectivity index (χ4v) is 4.78. The van der Waals surface area contributed by atoms with Crippen LogP contribution < -0.4 is 0 Å². The highest BCUT2D eigenvalue weighted by molar-refractivity contribution is 8.26. The van der Waals surface area contributed by atoms with Crippen molar-refractivity contribution < 1.29 is 4.79 Å². The summed E-state index contributed by atoms with van der Waals surface area (Å²) in [5.74, 6) is 0.0989. The average molecular weight is 428 g/mol. The van der Waals surface area contributed by atoms with Gasteiger partial charge in [0.25, 0.3) is 5.91 Å². The standard InChI is InChI=1S/C24H21N5OS/c1-15(2)12-21-27-29-22(25)20(23(30)26-24(29)31-21)14-18-8-5-11-28(18)19-10-9-16-6-3-4-7-17(16)13-19/h3-11,13-15,25H,12H2,1-2H3/b20-14+,25-22?. The van der Waals surface area contributed by atoms with Crippen molar-refractivity contribution in [1.82, 2.24) is 9.58 Å². The first-order valence-electron chi connectivity index (χ1n) is 10.2. The third-order valence-corrected chi connectivity index (χ3v) is 6.09. The van der Waals surface area contributed by atoms with E-state index in [0.29, 0.717) is 11.1 Å². The lowest BCUT2D eigenvalue weighted by atomic mass is 10.1. The lowest BCUT2D eigenvalue weighted by Crippen LogP contribution is -2.35. The molecule has 0 bridgehead atoms. The van der Waals surface area contributed by atoms with Gasteiger partial charge in [-0.2, -0.15) is 15.1 Å². The zero-order valence-electron chi connectivity index (χ0n) is 17.2. The molecule has 2 aromatic carbocycles. The molecule has 0 unspecified atom stereocenters.